The van der Waals surface area contributed by atoms with E-state index >= 15 is 0 Å². The van der Waals surface area contributed by atoms with Crippen LogP contribution in [0.5, 0.6) is 0 Å². The molecular formula is C13H18N4O4. The van der Waals surface area contributed by atoms with Crippen molar-refractivity contribution in [3.63, 3.8) is 0 Å². The molecule has 0 bridgehead atoms. The van der Waals surface area contributed by atoms with E-state index in [1.807, 2.05) is 0 Å². The van der Waals surface area contributed by atoms with Crippen molar-refractivity contribution in [3.05, 3.63) is 22.6 Å². The molecule has 8 heteroatoms. The second kappa shape index (κ2) is 4.55. The molecule has 0 spiro atoms. The molecule has 2 heterocycles. The van der Waals surface area contributed by atoms with Crippen molar-refractivity contribution in [3.8, 4) is 0 Å². The third kappa shape index (κ3) is 1.95. The summed E-state index contributed by atoms with van der Waals surface area (Å²) in [4.78, 5) is 18.4. The predicted octanol–water partition coefficient (Wildman–Crippen LogP) is -1.03. The van der Waals surface area contributed by atoms with Crippen LogP contribution in [0.1, 0.15) is 19.4 Å². The fourth-order valence-corrected chi connectivity index (χ4v) is 3.21. The van der Waals surface area contributed by atoms with Crippen LogP contribution in [0.15, 0.2) is 17.1 Å². The van der Waals surface area contributed by atoms with E-state index in [2.05, 4.69) is 9.97 Å². The summed E-state index contributed by atoms with van der Waals surface area (Å²) in [6.45, 7) is 1.30. The van der Waals surface area contributed by atoms with Gasteiger partial charge < -0.3 is 25.6 Å². The number of fused-ring (bicyclic) bond motifs is 1. The average molecular weight is 294 g/mol. The van der Waals surface area contributed by atoms with Crippen LogP contribution in [0.25, 0.3) is 11.0 Å². The number of H-pyrrole nitrogens is 1. The Morgan fingerprint density at radius 1 is 1.62 bits per heavy atom. The maximum Gasteiger partial charge on any atom is 0.261 e. The fourth-order valence-electron chi connectivity index (χ4n) is 3.21. The van der Waals surface area contributed by atoms with Crippen molar-refractivity contribution in [1.82, 2.24) is 14.5 Å². The number of anilines is 1. The molecule has 1 fully saturated rings. The topological polar surface area (TPSA) is 137 Å². The molecule has 2 aromatic rings. The highest BCUT2D eigenvalue weighted by Crippen LogP contribution is 2.43. The third-order valence-electron chi connectivity index (χ3n) is 4.42. The molecule has 0 amide bonds. The number of nitrogens with one attached hydrogen (secondary N) is 1. The first-order valence-corrected chi connectivity index (χ1v) is 6.74. The molecule has 1 unspecified atom stereocenters. The second-order valence-corrected chi connectivity index (χ2v) is 5.78. The van der Waals surface area contributed by atoms with Gasteiger partial charge in [0.15, 0.2) is 0 Å². The van der Waals surface area contributed by atoms with E-state index in [1.165, 1.54) is 6.92 Å². The first-order valence-electron chi connectivity index (χ1n) is 6.74. The Morgan fingerprint density at radius 2 is 2.33 bits per heavy atom. The molecule has 0 aromatic carbocycles. The van der Waals surface area contributed by atoms with Gasteiger partial charge in [-0.1, -0.05) is 0 Å². The molecule has 1 aliphatic carbocycles. The molecule has 3 rings (SSSR count). The van der Waals surface area contributed by atoms with E-state index in [-0.39, 0.29) is 18.1 Å². The van der Waals surface area contributed by atoms with Gasteiger partial charge in [0, 0.05) is 18.7 Å². The molecule has 114 valence electrons. The van der Waals surface area contributed by atoms with Gasteiger partial charge in [-0.05, 0) is 19.4 Å². The van der Waals surface area contributed by atoms with Crippen LogP contribution in [0, 0.1) is 5.92 Å². The highest BCUT2D eigenvalue weighted by Gasteiger charge is 2.51. The number of aromatic amines is 1. The number of hydrogen-bond donors (Lipinski definition) is 5. The highest BCUT2D eigenvalue weighted by molar-refractivity contribution is 5.76. The van der Waals surface area contributed by atoms with E-state index in [0.717, 1.165) is 0 Å². The standard InChI is InChI=1S/C13H18N4O4/c1-13(21)8(4-6(5-18)9(13)19)17-3-2-7-10(17)15-12(14)16-11(7)20/h2-3,6,8-9,18-19,21H,4-5H2,1H3,(H3,14,15,16,20)/t6-,8-,9-,13?/m1/s1. The number of aromatic nitrogens is 3. The second-order valence-electron chi connectivity index (χ2n) is 5.78. The minimum Gasteiger partial charge on any atom is -0.396 e. The zero-order chi connectivity index (χ0) is 15.4. The summed E-state index contributed by atoms with van der Waals surface area (Å²) in [6, 6.07) is 1.09. The van der Waals surface area contributed by atoms with Gasteiger partial charge in [-0.15, -0.1) is 0 Å². The van der Waals surface area contributed by atoms with Crippen molar-refractivity contribution < 1.29 is 15.3 Å². The summed E-state index contributed by atoms with van der Waals surface area (Å²) in [5.41, 5.74) is 4.14. The summed E-state index contributed by atoms with van der Waals surface area (Å²) >= 11 is 0. The Balaban J connectivity index is 2.15. The average Bonchev–Trinajstić information content (AvgIpc) is 2.91. The number of nitrogens with two attached hydrogens (primary N) is 1. The quantitative estimate of drug-likeness (QED) is 0.480. The fraction of sp³-hybridized carbons (Fsp3) is 0.538. The Kier molecular flexibility index (Phi) is 3.05. The van der Waals surface area contributed by atoms with Gasteiger partial charge in [0.1, 0.15) is 11.2 Å². The van der Waals surface area contributed by atoms with Crippen LogP contribution in [0.2, 0.25) is 0 Å². The van der Waals surface area contributed by atoms with Gasteiger partial charge in [0.25, 0.3) is 5.56 Å². The van der Waals surface area contributed by atoms with E-state index in [1.54, 1.807) is 16.8 Å². The van der Waals surface area contributed by atoms with Gasteiger partial charge >= 0.3 is 0 Å². The number of nitrogens with zero attached hydrogens (tertiary/aromatic N) is 2. The molecule has 6 N–H and O–H groups in total. The van der Waals surface area contributed by atoms with Gasteiger partial charge in [-0.25, -0.2) is 0 Å². The van der Waals surface area contributed by atoms with E-state index in [9.17, 15) is 20.1 Å². The molecular weight excluding hydrogens is 276 g/mol. The van der Waals surface area contributed by atoms with Crippen LogP contribution in [-0.4, -0.2) is 48.2 Å². The van der Waals surface area contributed by atoms with Crippen molar-refractivity contribution >= 4 is 17.0 Å². The molecule has 0 saturated heterocycles. The summed E-state index contributed by atoms with van der Waals surface area (Å²) in [5.74, 6) is -0.439. The SMILES string of the molecule is CC1(O)[C@H](O)[C@@H](CO)C[C@H]1n1ccc2c(=O)[nH]c(N)nc21. The van der Waals surface area contributed by atoms with Gasteiger partial charge in [0.05, 0.1) is 17.5 Å². The van der Waals surface area contributed by atoms with Crippen LogP contribution in [0.4, 0.5) is 5.95 Å². The number of aliphatic hydroxyl groups excluding tert-OH is 2. The number of rotatable bonds is 2. The van der Waals surface area contributed by atoms with Gasteiger partial charge in [0.2, 0.25) is 5.95 Å². The van der Waals surface area contributed by atoms with Crippen LogP contribution >= 0.6 is 0 Å². The highest BCUT2D eigenvalue weighted by atomic mass is 16.3. The summed E-state index contributed by atoms with van der Waals surface area (Å²) in [7, 11) is 0. The molecule has 8 nitrogen and oxygen atoms in total. The van der Waals surface area contributed by atoms with Gasteiger partial charge in [-0.3, -0.25) is 9.78 Å². The molecule has 2 aromatic heterocycles. The van der Waals surface area contributed by atoms with Gasteiger partial charge in [-0.2, -0.15) is 4.98 Å². The minimum absolute atomic E-state index is 0.00986. The van der Waals surface area contributed by atoms with Crippen molar-refractivity contribution in [2.75, 3.05) is 12.3 Å². The van der Waals surface area contributed by atoms with Crippen molar-refractivity contribution in [2.45, 2.75) is 31.1 Å². The molecule has 1 saturated carbocycles. The minimum atomic E-state index is -1.43. The normalized spacial score (nSPS) is 32.9. The molecule has 0 radical (unpaired) electrons. The van der Waals surface area contributed by atoms with E-state index in [0.29, 0.717) is 17.5 Å². The Labute approximate surface area is 119 Å². The summed E-state index contributed by atoms with van der Waals surface area (Å²) in [5, 5.41) is 30.4. The first-order chi connectivity index (χ1) is 9.86. The zero-order valence-corrected chi connectivity index (χ0v) is 11.5. The number of nitrogen functional groups attached to an aromatic ring is 1. The first kappa shape index (κ1) is 14.1. The van der Waals surface area contributed by atoms with Crippen molar-refractivity contribution in [1.29, 1.82) is 0 Å². The largest absolute Gasteiger partial charge is 0.396 e. The predicted molar refractivity (Wildman–Crippen MR) is 75.6 cm³/mol. The monoisotopic (exact) mass is 294 g/mol. The summed E-state index contributed by atoms with van der Waals surface area (Å²) in [6.07, 6.45) is 0.963. The maximum atomic E-state index is 11.8. The smallest absolute Gasteiger partial charge is 0.261 e. The van der Waals surface area contributed by atoms with E-state index < -0.39 is 23.7 Å². The maximum absolute atomic E-state index is 11.8. The Morgan fingerprint density at radius 3 is 2.95 bits per heavy atom. The van der Waals surface area contributed by atoms with Crippen LogP contribution in [-0.2, 0) is 0 Å². The Bertz CT molecular complexity index is 735. The number of aliphatic hydroxyl groups is 3. The lowest BCUT2D eigenvalue weighted by molar-refractivity contribution is -0.0776. The van der Waals surface area contributed by atoms with Crippen LogP contribution < -0.4 is 11.3 Å². The lowest BCUT2D eigenvalue weighted by Crippen LogP contribution is -2.42. The van der Waals surface area contributed by atoms with E-state index in [4.69, 9.17) is 5.73 Å². The molecule has 0 aliphatic heterocycles. The summed E-state index contributed by atoms with van der Waals surface area (Å²) < 4.78 is 1.64. The van der Waals surface area contributed by atoms with Crippen molar-refractivity contribution in [2.24, 2.45) is 5.92 Å². The zero-order valence-electron chi connectivity index (χ0n) is 11.5. The molecule has 4 atom stereocenters. The lowest BCUT2D eigenvalue weighted by atomic mass is 9.96. The van der Waals surface area contributed by atoms with Crippen LogP contribution in [0.3, 0.4) is 0 Å². The molecule has 1 aliphatic rings. The lowest BCUT2D eigenvalue weighted by Gasteiger charge is -2.30. The number of hydrogen-bond acceptors (Lipinski definition) is 6. The Hall–Kier alpha value is -1.90. The molecule has 21 heavy (non-hydrogen) atoms. The third-order valence-corrected chi connectivity index (χ3v) is 4.42.